The van der Waals surface area contributed by atoms with E-state index in [0.717, 1.165) is 22.7 Å². The summed E-state index contributed by atoms with van der Waals surface area (Å²) in [6.07, 6.45) is 3.74. The molecule has 3 heteroatoms. The zero-order chi connectivity index (χ0) is 12.7. The van der Waals surface area contributed by atoms with E-state index in [1.54, 1.807) is 6.20 Å². The summed E-state index contributed by atoms with van der Waals surface area (Å²) in [5.74, 6) is 1.02. The van der Waals surface area contributed by atoms with Gasteiger partial charge in [-0.1, -0.05) is 27.7 Å². The van der Waals surface area contributed by atoms with Crippen LogP contribution in [-0.4, -0.2) is 14.4 Å². The number of hydrogen-bond acceptors (Lipinski definition) is 2. The molecule has 0 N–H and O–H groups in total. The number of hydrogen-bond donors (Lipinski definition) is 0. The number of aromatic nitrogens is 3. The van der Waals surface area contributed by atoms with E-state index in [1.165, 1.54) is 0 Å². The monoisotopic (exact) mass is 221 g/mol. The summed E-state index contributed by atoms with van der Waals surface area (Å²) in [5, 5.41) is 0. The Kier molecular flexibility index (Phi) is 6.38. The fourth-order valence-corrected chi connectivity index (χ4v) is 1.58. The Bertz CT molecular complexity index is 430. The average molecular weight is 221 g/mol. The molecule has 2 aromatic rings. The molecule has 16 heavy (non-hydrogen) atoms. The van der Waals surface area contributed by atoms with Crippen molar-refractivity contribution in [1.29, 1.82) is 0 Å². The van der Waals surface area contributed by atoms with Crippen LogP contribution in [0.3, 0.4) is 0 Å². The number of aryl methyl sites for hydroxylation is 3. The first-order chi connectivity index (χ1) is 7.70. The number of rotatable bonds is 0. The van der Waals surface area contributed by atoms with Crippen LogP contribution in [0.15, 0.2) is 12.4 Å². The van der Waals surface area contributed by atoms with Gasteiger partial charge in [0.05, 0.1) is 16.9 Å². The van der Waals surface area contributed by atoms with E-state index in [1.807, 2.05) is 54.7 Å². The predicted octanol–water partition coefficient (Wildman–Crippen LogP) is 3.71. The van der Waals surface area contributed by atoms with Crippen molar-refractivity contribution in [2.24, 2.45) is 0 Å². The molecular formula is C13H23N3. The quantitative estimate of drug-likeness (QED) is 0.679. The van der Waals surface area contributed by atoms with E-state index in [-0.39, 0.29) is 0 Å². The van der Waals surface area contributed by atoms with Crippen molar-refractivity contribution in [1.82, 2.24) is 14.4 Å². The lowest BCUT2D eigenvalue weighted by Gasteiger charge is -1.97. The van der Waals surface area contributed by atoms with Gasteiger partial charge in [-0.3, -0.25) is 4.98 Å². The van der Waals surface area contributed by atoms with Crippen molar-refractivity contribution < 1.29 is 0 Å². The summed E-state index contributed by atoms with van der Waals surface area (Å²) in [6.45, 7) is 14.0. The third-order valence-electron chi connectivity index (χ3n) is 2.09. The summed E-state index contributed by atoms with van der Waals surface area (Å²) >= 11 is 0. The van der Waals surface area contributed by atoms with Crippen LogP contribution in [-0.2, 0) is 0 Å². The molecule has 0 unspecified atom stereocenters. The van der Waals surface area contributed by atoms with Gasteiger partial charge in [-0.15, -0.1) is 0 Å². The molecule has 0 amide bonds. The van der Waals surface area contributed by atoms with Crippen LogP contribution >= 0.6 is 0 Å². The molecule has 0 saturated heterocycles. The topological polar surface area (TPSA) is 30.2 Å². The molecule has 2 heterocycles. The second-order valence-electron chi connectivity index (χ2n) is 2.98. The molecule has 0 bridgehead atoms. The van der Waals surface area contributed by atoms with E-state index in [4.69, 9.17) is 0 Å². The van der Waals surface area contributed by atoms with Crippen LogP contribution in [0.2, 0.25) is 0 Å². The van der Waals surface area contributed by atoms with Crippen LogP contribution in [0.1, 0.15) is 44.9 Å². The normalized spacial score (nSPS) is 8.94. The third-order valence-corrected chi connectivity index (χ3v) is 2.09. The summed E-state index contributed by atoms with van der Waals surface area (Å²) in [5.41, 5.74) is 3.23. The minimum atomic E-state index is 1.02. The molecule has 0 saturated carbocycles. The van der Waals surface area contributed by atoms with E-state index >= 15 is 0 Å². The Balaban J connectivity index is 0.000000509. The minimum Gasteiger partial charge on any atom is -0.300 e. The summed E-state index contributed by atoms with van der Waals surface area (Å²) in [7, 11) is 0. The van der Waals surface area contributed by atoms with Gasteiger partial charge in [0, 0.05) is 12.4 Å². The van der Waals surface area contributed by atoms with Crippen LogP contribution < -0.4 is 0 Å². The highest BCUT2D eigenvalue weighted by molar-refractivity contribution is 5.56. The van der Waals surface area contributed by atoms with Crippen molar-refractivity contribution in [2.45, 2.75) is 48.5 Å². The Morgan fingerprint density at radius 1 is 0.938 bits per heavy atom. The molecule has 2 rings (SSSR count). The molecule has 0 atom stereocenters. The lowest BCUT2D eigenvalue weighted by Crippen LogP contribution is -1.91. The van der Waals surface area contributed by atoms with Crippen molar-refractivity contribution >= 4 is 5.52 Å². The van der Waals surface area contributed by atoms with Crippen LogP contribution in [0.25, 0.3) is 5.52 Å². The van der Waals surface area contributed by atoms with Crippen molar-refractivity contribution in [3.05, 3.63) is 29.6 Å². The summed E-state index contributed by atoms with van der Waals surface area (Å²) in [6, 6.07) is 0. The number of imidazole rings is 1. The van der Waals surface area contributed by atoms with Crippen LogP contribution in [0, 0.1) is 20.8 Å². The van der Waals surface area contributed by atoms with E-state index in [9.17, 15) is 0 Å². The molecule has 0 radical (unpaired) electrons. The third kappa shape index (κ3) is 2.81. The highest BCUT2D eigenvalue weighted by Gasteiger charge is 2.05. The summed E-state index contributed by atoms with van der Waals surface area (Å²) in [4.78, 5) is 8.59. The largest absolute Gasteiger partial charge is 0.300 e. The molecule has 2 aromatic heterocycles. The molecule has 0 spiro atoms. The molecule has 3 nitrogen and oxygen atoms in total. The first-order valence-corrected chi connectivity index (χ1v) is 5.97. The number of fused-ring (bicyclic) bond motifs is 1. The molecule has 0 aliphatic carbocycles. The van der Waals surface area contributed by atoms with Gasteiger partial charge in [-0.05, 0) is 20.8 Å². The molecule has 0 aromatic carbocycles. The van der Waals surface area contributed by atoms with E-state index in [2.05, 4.69) is 14.4 Å². The van der Waals surface area contributed by atoms with E-state index in [0.29, 0.717) is 0 Å². The fraction of sp³-hybridized carbons (Fsp3) is 0.538. The van der Waals surface area contributed by atoms with E-state index < -0.39 is 0 Å². The smallest absolute Gasteiger partial charge is 0.110 e. The van der Waals surface area contributed by atoms with Gasteiger partial charge < -0.3 is 4.40 Å². The van der Waals surface area contributed by atoms with Gasteiger partial charge in [0.15, 0.2) is 0 Å². The molecular weight excluding hydrogens is 198 g/mol. The molecule has 0 aliphatic heterocycles. The first-order valence-electron chi connectivity index (χ1n) is 5.97. The number of nitrogens with zero attached hydrogens (tertiary/aromatic N) is 3. The van der Waals surface area contributed by atoms with Crippen molar-refractivity contribution in [3.8, 4) is 0 Å². The molecule has 0 fully saturated rings. The SMILES string of the molecule is CC.CC.Cc1nccn2c(C)nc(C)c12. The lowest BCUT2D eigenvalue weighted by atomic mass is 10.3. The van der Waals surface area contributed by atoms with Gasteiger partial charge >= 0.3 is 0 Å². The maximum Gasteiger partial charge on any atom is 0.110 e. The van der Waals surface area contributed by atoms with Gasteiger partial charge in [-0.25, -0.2) is 4.98 Å². The van der Waals surface area contributed by atoms with Gasteiger partial charge in [0.2, 0.25) is 0 Å². The summed E-state index contributed by atoms with van der Waals surface area (Å²) < 4.78 is 2.07. The second-order valence-corrected chi connectivity index (χ2v) is 2.98. The molecule has 90 valence electrons. The van der Waals surface area contributed by atoms with Crippen LogP contribution in [0.5, 0.6) is 0 Å². The predicted molar refractivity (Wildman–Crippen MR) is 69.9 cm³/mol. The maximum atomic E-state index is 4.37. The van der Waals surface area contributed by atoms with Crippen LogP contribution in [0.4, 0.5) is 0 Å². The Morgan fingerprint density at radius 2 is 1.50 bits per heavy atom. The Hall–Kier alpha value is -1.38. The zero-order valence-electron chi connectivity index (χ0n) is 11.5. The van der Waals surface area contributed by atoms with Crippen molar-refractivity contribution in [3.63, 3.8) is 0 Å². The first kappa shape index (κ1) is 14.6. The van der Waals surface area contributed by atoms with Gasteiger partial charge in [-0.2, -0.15) is 0 Å². The highest BCUT2D eigenvalue weighted by atomic mass is 15.0. The second kappa shape index (κ2) is 6.99. The zero-order valence-corrected chi connectivity index (χ0v) is 11.5. The van der Waals surface area contributed by atoms with Gasteiger partial charge in [0.1, 0.15) is 5.82 Å². The van der Waals surface area contributed by atoms with Gasteiger partial charge in [0.25, 0.3) is 0 Å². The fourth-order valence-electron chi connectivity index (χ4n) is 1.58. The highest BCUT2D eigenvalue weighted by Crippen LogP contribution is 2.13. The Morgan fingerprint density at radius 3 is 2.00 bits per heavy atom. The average Bonchev–Trinajstić information content (AvgIpc) is 2.61. The standard InChI is InChI=1S/C9H11N3.2C2H6/c1-6-9-7(2)11-8(3)12(9)5-4-10-6;2*1-2/h4-5H,1-3H3;2*1-2H3. The maximum absolute atomic E-state index is 4.37. The lowest BCUT2D eigenvalue weighted by molar-refractivity contribution is 1.01. The Labute approximate surface area is 98.6 Å². The molecule has 0 aliphatic rings. The van der Waals surface area contributed by atoms with Crippen molar-refractivity contribution in [2.75, 3.05) is 0 Å². The minimum absolute atomic E-state index is 1.02.